The van der Waals surface area contributed by atoms with E-state index in [-0.39, 0.29) is 0 Å². The molecule has 1 heterocycles. The zero-order valence-corrected chi connectivity index (χ0v) is 11.6. The Labute approximate surface area is 113 Å². The SMILES string of the molecule is CC(O)c1ccc(NS(=O)(=O)N2CCOCC2)cc1. The van der Waals surface area contributed by atoms with E-state index in [1.165, 1.54) is 4.31 Å². The van der Waals surface area contributed by atoms with Crippen LogP contribution in [0, 0.1) is 0 Å². The molecule has 0 amide bonds. The van der Waals surface area contributed by atoms with Gasteiger partial charge in [0.1, 0.15) is 0 Å². The van der Waals surface area contributed by atoms with Gasteiger partial charge in [-0.15, -0.1) is 0 Å². The molecule has 1 fully saturated rings. The fourth-order valence-corrected chi connectivity index (χ4v) is 3.02. The van der Waals surface area contributed by atoms with E-state index >= 15 is 0 Å². The fraction of sp³-hybridized carbons (Fsp3) is 0.500. The predicted molar refractivity (Wildman–Crippen MR) is 72.0 cm³/mol. The Morgan fingerprint density at radius 3 is 2.37 bits per heavy atom. The van der Waals surface area contributed by atoms with Crippen molar-refractivity contribution >= 4 is 15.9 Å². The molecule has 0 spiro atoms. The number of benzene rings is 1. The molecule has 0 aliphatic carbocycles. The van der Waals surface area contributed by atoms with Gasteiger partial charge in [0.25, 0.3) is 0 Å². The van der Waals surface area contributed by atoms with Gasteiger partial charge in [-0.1, -0.05) is 12.1 Å². The third kappa shape index (κ3) is 3.66. The zero-order chi connectivity index (χ0) is 13.9. The van der Waals surface area contributed by atoms with Crippen molar-refractivity contribution in [3.05, 3.63) is 29.8 Å². The van der Waals surface area contributed by atoms with E-state index in [1.54, 1.807) is 31.2 Å². The molecule has 7 heteroatoms. The highest BCUT2D eigenvalue weighted by Gasteiger charge is 2.23. The smallest absolute Gasteiger partial charge is 0.301 e. The number of nitrogens with one attached hydrogen (secondary N) is 1. The van der Waals surface area contributed by atoms with E-state index in [1.807, 2.05) is 0 Å². The molecule has 0 bridgehead atoms. The Kier molecular flexibility index (Phi) is 4.41. The molecule has 0 saturated carbocycles. The maximum absolute atomic E-state index is 12.1. The first kappa shape index (κ1) is 14.3. The monoisotopic (exact) mass is 286 g/mol. The molecule has 6 nitrogen and oxygen atoms in total. The lowest BCUT2D eigenvalue weighted by Gasteiger charge is -2.26. The van der Waals surface area contributed by atoms with E-state index in [9.17, 15) is 13.5 Å². The van der Waals surface area contributed by atoms with Crippen LogP contribution in [0.2, 0.25) is 0 Å². The van der Waals surface area contributed by atoms with E-state index in [0.29, 0.717) is 32.0 Å². The van der Waals surface area contributed by atoms with Gasteiger partial charge in [-0.3, -0.25) is 4.72 Å². The van der Waals surface area contributed by atoms with Gasteiger partial charge < -0.3 is 9.84 Å². The maximum Gasteiger partial charge on any atom is 0.301 e. The van der Waals surface area contributed by atoms with Crippen LogP contribution in [0.25, 0.3) is 0 Å². The Morgan fingerprint density at radius 2 is 1.84 bits per heavy atom. The summed E-state index contributed by atoms with van der Waals surface area (Å²) in [5.74, 6) is 0. The second-order valence-electron chi connectivity index (χ2n) is 4.42. The molecule has 1 atom stereocenters. The van der Waals surface area contributed by atoms with E-state index in [2.05, 4.69) is 4.72 Å². The molecular formula is C12H18N2O4S. The molecule has 1 aliphatic rings. The molecule has 2 N–H and O–H groups in total. The minimum absolute atomic E-state index is 0.362. The van der Waals surface area contributed by atoms with Crippen LogP contribution in [-0.2, 0) is 14.9 Å². The highest BCUT2D eigenvalue weighted by atomic mass is 32.2. The average Bonchev–Trinajstić information content (AvgIpc) is 2.40. The van der Waals surface area contributed by atoms with Crippen LogP contribution in [0.4, 0.5) is 5.69 Å². The fourth-order valence-electron chi connectivity index (χ4n) is 1.83. The lowest BCUT2D eigenvalue weighted by atomic mass is 10.1. The van der Waals surface area contributed by atoms with Gasteiger partial charge in [0.2, 0.25) is 0 Å². The predicted octanol–water partition coefficient (Wildman–Crippen LogP) is 0.729. The summed E-state index contributed by atoms with van der Waals surface area (Å²) in [5.41, 5.74) is 1.23. The Balaban J connectivity index is 2.06. The Morgan fingerprint density at radius 1 is 1.26 bits per heavy atom. The topological polar surface area (TPSA) is 78.9 Å². The number of hydrogen-bond donors (Lipinski definition) is 2. The van der Waals surface area contributed by atoms with E-state index in [4.69, 9.17) is 4.74 Å². The number of aliphatic hydroxyl groups excluding tert-OH is 1. The zero-order valence-electron chi connectivity index (χ0n) is 10.7. The van der Waals surface area contributed by atoms with Crippen molar-refractivity contribution in [2.24, 2.45) is 0 Å². The molecule has 0 aromatic heterocycles. The van der Waals surface area contributed by atoms with Crippen LogP contribution >= 0.6 is 0 Å². The van der Waals surface area contributed by atoms with Gasteiger partial charge in [-0.05, 0) is 24.6 Å². The normalized spacial score (nSPS) is 19.1. The third-order valence-electron chi connectivity index (χ3n) is 2.95. The first-order chi connectivity index (χ1) is 8.99. The van der Waals surface area contributed by atoms with Crippen molar-refractivity contribution in [2.45, 2.75) is 13.0 Å². The lowest BCUT2D eigenvalue weighted by Crippen LogP contribution is -2.43. The molecule has 19 heavy (non-hydrogen) atoms. The first-order valence-electron chi connectivity index (χ1n) is 6.13. The number of morpholine rings is 1. The number of anilines is 1. The van der Waals surface area contributed by atoms with Crippen LogP contribution in [0.15, 0.2) is 24.3 Å². The maximum atomic E-state index is 12.1. The molecule has 1 aromatic rings. The van der Waals surface area contributed by atoms with Gasteiger partial charge in [0, 0.05) is 18.8 Å². The number of aliphatic hydroxyl groups is 1. The van der Waals surface area contributed by atoms with Gasteiger partial charge in [0.15, 0.2) is 0 Å². The molecule has 2 rings (SSSR count). The van der Waals surface area contributed by atoms with E-state index < -0.39 is 16.3 Å². The number of hydrogen-bond acceptors (Lipinski definition) is 4. The molecule has 1 saturated heterocycles. The second kappa shape index (κ2) is 5.87. The first-order valence-corrected chi connectivity index (χ1v) is 7.57. The summed E-state index contributed by atoms with van der Waals surface area (Å²) in [7, 11) is -3.53. The van der Waals surface area contributed by atoms with Crippen LogP contribution in [0.3, 0.4) is 0 Å². The molecular weight excluding hydrogens is 268 g/mol. The van der Waals surface area contributed by atoms with Crippen LogP contribution in [-0.4, -0.2) is 44.1 Å². The van der Waals surface area contributed by atoms with Crippen molar-refractivity contribution in [3.63, 3.8) is 0 Å². The third-order valence-corrected chi connectivity index (χ3v) is 4.49. The van der Waals surface area contributed by atoms with Crippen LogP contribution < -0.4 is 4.72 Å². The van der Waals surface area contributed by atoms with Crippen LogP contribution in [0.1, 0.15) is 18.6 Å². The van der Waals surface area contributed by atoms with Crippen LogP contribution in [0.5, 0.6) is 0 Å². The average molecular weight is 286 g/mol. The van der Waals surface area contributed by atoms with Gasteiger partial charge >= 0.3 is 10.2 Å². The molecule has 0 radical (unpaired) electrons. The molecule has 106 valence electrons. The van der Waals surface area contributed by atoms with Gasteiger partial charge in [-0.2, -0.15) is 12.7 Å². The van der Waals surface area contributed by atoms with Crippen molar-refractivity contribution in [1.29, 1.82) is 0 Å². The summed E-state index contributed by atoms with van der Waals surface area (Å²) in [6, 6.07) is 6.67. The largest absolute Gasteiger partial charge is 0.389 e. The van der Waals surface area contributed by atoms with Crippen molar-refractivity contribution in [3.8, 4) is 0 Å². The van der Waals surface area contributed by atoms with Crippen molar-refractivity contribution < 1.29 is 18.3 Å². The highest BCUT2D eigenvalue weighted by Crippen LogP contribution is 2.17. The quantitative estimate of drug-likeness (QED) is 0.855. The Bertz CT molecular complexity index is 507. The number of rotatable bonds is 4. The second-order valence-corrected chi connectivity index (χ2v) is 6.09. The van der Waals surface area contributed by atoms with Crippen molar-refractivity contribution in [2.75, 3.05) is 31.0 Å². The van der Waals surface area contributed by atoms with E-state index in [0.717, 1.165) is 5.56 Å². The minimum Gasteiger partial charge on any atom is -0.389 e. The standard InChI is InChI=1S/C12H18N2O4S/c1-10(15)11-2-4-12(5-3-11)13-19(16,17)14-6-8-18-9-7-14/h2-5,10,13,15H,6-9H2,1H3. The number of ether oxygens (including phenoxy) is 1. The summed E-state index contributed by atoms with van der Waals surface area (Å²) in [6.45, 7) is 3.22. The summed E-state index contributed by atoms with van der Waals surface area (Å²) in [4.78, 5) is 0. The van der Waals surface area contributed by atoms with Gasteiger partial charge in [-0.25, -0.2) is 0 Å². The highest BCUT2D eigenvalue weighted by molar-refractivity contribution is 7.90. The summed E-state index contributed by atoms with van der Waals surface area (Å²) >= 11 is 0. The van der Waals surface area contributed by atoms with Crippen molar-refractivity contribution in [1.82, 2.24) is 4.31 Å². The minimum atomic E-state index is -3.53. The summed E-state index contributed by atoms with van der Waals surface area (Å²) < 4.78 is 33.2. The Hall–Kier alpha value is -1.15. The summed E-state index contributed by atoms with van der Waals surface area (Å²) in [5, 5.41) is 9.39. The molecule has 1 aliphatic heterocycles. The molecule has 1 unspecified atom stereocenters. The number of nitrogens with zero attached hydrogens (tertiary/aromatic N) is 1. The lowest BCUT2D eigenvalue weighted by molar-refractivity contribution is 0.0733. The van der Waals surface area contributed by atoms with Gasteiger partial charge in [0.05, 0.1) is 19.3 Å². The summed E-state index contributed by atoms with van der Waals surface area (Å²) in [6.07, 6.45) is -0.565. The molecule has 1 aromatic carbocycles.